The molecule has 2 aliphatic rings. The molecule has 5 rings (SSSR count). The average molecular weight is 585 g/mol. The molecule has 0 radical (unpaired) electrons. The van der Waals surface area contributed by atoms with E-state index in [1.54, 1.807) is 30.2 Å². The molecule has 0 saturated carbocycles. The van der Waals surface area contributed by atoms with Crippen molar-refractivity contribution >= 4 is 17.4 Å². The second-order valence-electron chi connectivity index (χ2n) is 11.0. The number of carbonyl (C=O) groups is 2. The van der Waals surface area contributed by atoms with E-state index in [2.05, 4.69) is 18.7 Å². The van der Waals surface area contributed by atoms with Crippen LogP contribution in [0.15, 0.2) is 72.3 Å². The van der Waals surface area contributed by atoms with E-state index in [-0.39, 0.29) is 17.4 Å². The third-order valence-corrected chi connectivity index (χ3v) is 8.22. The Kier molecular flexibility index (Phi) is 9.36. The quantitative estimate of drug-likeness (QED) is 0.165. The van der Waals surface area contributed by atoms with Gasteiger partial charge in [0.05, 0.1) is 18.7 Å². The fraction of sp³-hybridized carbons (Fsp3) is 0.371. The Hall–Kier alpha value is -4.30. The van der Waals surface area contributed by atoms with E-state index in [1.807, 2.05) is 55.5 Å². The van der Waals surface area contributed by atoms with Gasteiger partial charge in [-0.15, -0.1) is 0 Å². The molecule has 2 heterocycles. The van der Waals surface area contributed by atoms with E-state index < -0.39 is 17.7 Å². The lowest BCUT2D eigenvalue weighted by molar-refractivity contribution is -0.140. The maximum Gasteiger partial charge on any atom is 0.295 e. The van der Waals surface area contributed by atoms with E-state index >= 15 is 0 Å². The second-order valence-corrected chi connectivity index (χ2v) is 11.0. The van der Waals surface area contributed by atoms with Gasteiger partial charge in [0.1, 0.15) is 24.2 Å². The summed E-state index contributed by atoms with van der Waals surface area (Å²) in [7, 11) is 1.56. The number of rotatable bonds is 12. The maximum atomic E-state index is 13.6. The van der Waals surface area contributed by atoms with Gasteiger partial charge in [0.2, 0.25) is 0 Å². The van der Waals surface area contributed by atoms with E-state index in [0.29, 0.717) is 48.6 Å². The third-order valence-electron chi connectivity index (χ3n) is 8.22. The molecule has 1 fully saturated rings. The van der Waals surface area contributed by atoms with Crippen molar-refractivity contribution < 1.29 is 28.9 Å². The van der Waals surface area contributed by atoms with Crippen molar-refractivity contribution in [3.63, 3.8) is 0 Å². The Morgan fingerprint density at radius 3 is 2.51 bits per heavy atom. The predicted octanol–water partition coefficient (Wildman–Crippen LogP) is 5.75. The SMILES string of the molecule is CCN(CC)CCCN1C(=O)C(=O)/C(=C(/O)c2ccc3c(c2)C[C@@H](C)O3)[C@H]1c1ccc(OCc2ccccc2)c(OC)c1. The summed E-state index contributed by atoms with van der Waals surface area (Å²) in [5.74, 6) is 0.284. The fourth-order valence-electron chi connectivity index (χ4n) is 5.90. The highest BCUT2D eigenvalue weighted by atomic mass is 16.5. The summed E-state index contributed by atoms with van der Waals surface area (Å²) in [6.07, 6.45) is 1.44. The number of aliphatic hydroxyl groups excluding tert-OH is 1. The number of fused-ring (bicyclic) bond motifs is 1. The summed E-state index contributed by atoms with van der Waals surface area (Å²) in [5, 5.41) is 11.6. The molecule has 0 aromatic heterocycles. The Balaban J connectivity index is 1.52. The van der Waals surface area contributed by atoms with Crippen LogP contribution in [-0.2, 0) is 22.6 Å². The number of benzene rings is 3. The number of aliphatic hydroxyl groups is 1. The molecule has 2 atom stereocenters. The molecular formula is C35H40N2O6. The molecule has 1 amide bonds. The van der Waals surface area contributed by atoms with Crippen molar-refractivity contribution in [2.24, 2.45) is 0 Å². The van der Waals surface area contributed by atoms with E-state index in [0.717, 1.165) is 36.5 Å². The van der Waals surface area contributed by atoms with Gasteiger partial charge in [-0.05, 0) is 80.0 Å². The van der Waals surface area contributed by atoms with Gasteiger partial charge >= 0.3 is 0 Å². The van der Waals surface area contributed by atoms with Crippen molar-refractivity contribution in [2.45, 2.75) is 52.4 Å². The highest BCUT2D eigenvalue weighted by Gasteiger charge is 2.46. The first-order valence-electron chi connectivity index (χ1n) is 15.0. The molecule has 3 aromatic rings. The first-order chi connectivity index (χ1) is 20.8. The highest BCUT2D eigenvalue weighted by molar-refractivity contribution is 6.46. The van der Waals surface area contributed by atoms with Crippen LogP contribution in [0.4, 0.5) is 0 Å². The van der Waals surface area contributed by atoms with Gasteiger partial charge in [0, 0.05) is 18.5 Å². The first-order valence-corrected chi connectivity index (χ1v) is 15.0. The zero-order valence-electron chi connectivity index (χ0n) is 25.3. The molecule has 0 aliphatic carbocycles. The lowest BCUT2D eigenvalue weighted by Gasteiger charge is -2.27. The van der Waals surface area contributed by atoms with Gasteiger partial charge in [-0.1, -0.05) is 50.2 Å². The van der Waals surface area contributed by atoms with Crippen molar-refractivity contribution in [1.82, 2.24) is 9.80 Å². The fourth-order valence-corrected chi connectivity index (χ4v) is 5.90. The molecule has 226 valence electrons. The summed E-state index contributed by atoms with van der Waals surface area (Å²) < 4.78 is 17.6. The smallest absolute Gasteiger partial charge is 0.295 e. The molecule has 1 N–H and O–H groups in total. The Bertz CT molecular complexity index is 1500. The predicted molar refractivity (Wildman–Crippen MR) is 165 cm³/mol. The third kappa shape index (κ3) is 6.39. The standard InChI is InChI=1S/C35H40N2O6/c1-5-36(6-2)17-10-18-37-32(25-13-16-29(30(21-25)41-4)42-22-24-11-8-7-9-12-24)31(34(39)35(37)40)33(38)26-14-15-28-27(20-26)19-23(3)43-28/h7-9,11-16,20-21,23,32,38H,5-6,10,17-19,22H2,1-4H3/b33-31+/t23-,32-/m1/s1. The number of hydrogen-bond acceptors (Lipinski definition) is 7. The second kappa shape index (κ2) is 13.3. The highest BCUT2D eigenvalue weighted by Crippen LogP contribution is 2.43. The molecule has 8 nitrogen and oxygen atoms in total. The van der Waals surface area contributed by atoms with Gasteiger partial charge < -0.3 is 29.1 Å². The first kappa shape index (κ1) is 30.2. The number of amides is 1. The maximum absolute atomic E-state index is 13.6. The van der Waals surface area contributed by atoms with Gasteiger partial charge in [0.15, 0.2) is 11.5 Å². The van der Waals surface area contributed by atoms with Crippen LogP contribution in [0.3, 0.4) is 0 Å². The zero-order valence-corrected chi connectivity index (χ0v) is 25.3. The number of ketones is 1. The Morgan fingerprint density at radius 2 is 1.79 bits per heavy atom. The van der Waals surface area contributed by atoms with Crippen LogP contribution in [0.25, 0.3) is 5.76 Å². The normalized spacial score (nSPS) is 19.0. The monoisotopic (exact) mass is 584 g/mol. The number of methoxy groups -OCH3 is 1. The largest absolute Gasteiger partial charge is 0.507 e. The Labute approximate surface area is 253 Å². The molecular weight excluding hydrogens is 544 g/mol. The minimum absolute atomic E-state index is 0.0406. The zero-order chi connectivity index (χ0) is 30.5. The lowest BCUT2D eigenvalue weighted by atomic mass is 9.94. The van der Waals surface area contributed by atoms with Crippen molar-refractivity contribution in [2.75, 3.05) is 33.3 Å². The van der Waals surface area contributed by atoms with Crippen LogP contribution in [0.2, 0.25) is 0 Å². The van der Waals surface area contributed by atoms with E-state index in [9.17, 15) is 14.7 Å². The van der Waals surface area contributed by atoms with Crippen LogP contribution in [0.5, 0.6) is 17.2 Å². The number of likely N-dealkylation sites (tertiary alicyclic amines) is 1. The van der Waals surface area contributed by atoms with Crippen LogP contribution in [0, 0.1) is 0 Å². The average Bonchev–Trinajstić information content (AvgIpc) is 3.53. The summed E-state index contributed by atoms with van der Waals surface area (Å²) in [5.41, 5.74) is 3.19. The van der Waals surface area contributed by atoms with Crippen LogP contribution in [0.1, 0.15) is 55.5 Å². The van der Waals surface area contributed by atoms with Gasteiger partial charge in [-0.3, -0.25) is 9.59 Å². The van der Waals surface area contributed by atoms with Crippen LogP contribution >= 0.6 is 0 Å². The summed E-state index contributed by atoms with van der Waals surface area (Å²) in [6, 6.07) is 19.9. The van der Waals surface area contributed by atoms with Crippen molar-refractivity contribution in [3.05, 3.63) is 94.6 Å². The molecule has 8 heteroatoms. The van der Waals surface area contributed by atoms with Crippen molar-refractivity contribution in [1.29, 1.82) is 0 Å². The molecule has 43 heavy (non-hydrogen) atoms. The summed E-state index contributed by atoms with van der Waals surface area (Å²) >= 11 is 0. The number of Topliss-reactive ketones (excluding diaryl/α,β-unsaturated/α-hetero) is 1. The van der Waals surface area contributed by atoms with Gasteiger partial charge in [-0.2, -0.15) is 0 Å². The minimum Gasteiger partial charge on any atom is -0.507 e. The number of nitrogens with zero attached hydrogens (tertiary/aromatic N) is 2. The molecule has 2 aliphatic heterocycles. The summed E-state index contributed by atoms with van der Waals surface area (Å²) in [4.78, 5) is 31.0. The van der Waals surface area contributed by atoms with E-state index in [4.69, 9.17) is 14.2 Å². The summed E-state index contributed by atoms with van der Waals surface area (Å²) in [6.45, 7) is 9.53. The minimum atomic E-state index is -0.780. The van der Waals surface area contributed by atoms with Crippen molar-refractivity contribution in [3.8, 4) is 17.2 Å². The number of carbonyl (C=O) groups excluding carboxylic acids is 2. The topological polar surface area (TPSA) is 88.5 Å². The molecule has 0 spiro atoms. The molecule has 0 unspecified atom stereocenters. The van der Waals surface area contributed by atoms with Crippen LogP contribution < -0.4 is 14.2 Å². The Morgan fingerprint density at radius 1 is 1.02 bits per heavy atom. The number of hydrogen-bond donors (Lipinski definition) is 1. The molecule has 3 aromatic carbocycles. The van der Waals surface area contributed by atoms with Gasteiger partial charge in [0.25, 0.3) is 11.7 Å². The van der Waals surface area contributed by atoms with Gasteiger partial charge in [-0.25, -0.2) is 0 Å². The number of ether oxygens (including phenoxy) is 3. The molecule has 1 saturated heterocycles. The lowest BCUT2D eigenvalue weighted by Crippen LogP contribution is -2.33. The van der Waals surface area contributed by atoms with E-state index in [1.165, 1.54) is 0 Å². The molecule has 0 bridgehead atoms. The van der Waals surface area contributed by atoms with Crippen LogP contribution in [-0.4, -0.2) is 66.0 Å².